The third-order valence-electron chi connectivity index (χ3n) is 4.94. The zero-order valence-electron chi connectivity index (χ0n) is 13.7. The number of nitrogens with zero attached hydrogens (tertiary/aromatic N) is 2. The molecule has 134 valence electrons. The van der Waals surface area contributed by atoms with E-state index in [0.29, 0.717) is 17.9 Å². The van der Waals surface area contributed by atoms with Gasteiger partial charge in [0.2, 0.25) is 0 Å². The number of rotatable bonds is 3. The summed E-state index contributed by atoms with van der Waals surface area (Å²) in [5.41, 5.74) is -0.678. The van der Waals surface area contributed by atoms with Crippen molar-refractivity contribution >= 4 is 29.7 Å². The van der Waals surface area contributed by atoms with E-state index in [4.69, 9.17) is 4.84 Å². The van der Waals surface area contributed by atoms with E-state index in [1.165, 1.54) is 12.1 Å². The summed E-state index contributed by atoms with van der Waals surface area (Å²) in [6.45, 7) is -0.667. The Kier molecular flexibility index (Phi) is 3.53. The summed E-state index contributed by atoms with van der Waals surface area (Å²) in [7, 11) is 0. The monoisotopic (exact) mass is 357 g/mol. The Bertz CT molecular complexity index is 823. The van der Waals surface area contributed by atoms with Gasteiger partial charge in [-0.15, -0.1) is 0 Å². The average Bonchev–Trinajstić information content (AvgIpc) is 3.25. The number of urea groups is 1. The average molecular weight is 357 g/mol. The molecule has 26 heavy (non-hydrogen) atoms. The fraction of sp³-hybridized carbons (Fsp3) is 0.353. The van der Waals surface area contributed by atoms with Crippen molar-refractivity contribution in [3.8, 4) is 0 Å². The molecule has 0 unspecified atom stereocenters. The molecule has 1 aromatic rings. The molecule has 2 aliphatic heterocycles. The molecule has 9 heteroatoms. The second-order valence-corrected chi connectivity index (χ2v) is 6.52. The van der Waals surface area contributed by atoms with Crippen molar-refractivity contribution in [1.29, 1.82) is 0 Å². The Morgan fingerprint density at radius 3 is 2.19 bits per heavy atom. The van der Waals surface area contributed by atoms with E-state index >= 15 is 0 Å². The van der Waals surface area contributed by atoms with E-state index in [0.717, 1.165) is 17.7 Å². The first-order valence-corrected chi connectivity index (χ1v) is 8.26. The van der Waals surface area contributed by atoms with Crippen molar-refractivity contribution in [1.82, 2.24) is 15.3 Å². The highest BCUT2D eigenvalue weighted by atomic mass is 16.7. The maximum atomic E-state index is 12.5. The van der Waals surface area contributed by atoms with Crippen LogP contribution >= 0.6 is 0 Å². The first-order valence-electron chi connectivity index (χ1n) is 8.26. The van der Waals surface area contributed by atoms with Crippen LogP contribution in [0.5, 0.6) is 0 Å². The molecule has 0 aromatic heterocycles. The van der Waals surface area contributed by atoms with Crippen molar-refractivity contribution in [2.45, 2.75) is 31.2 Å². The van der Waals surface area contributed by atoms with Gasteiger partial charge in [0.15, 0.2) is 0 Å². The van der Waals surface area contributed by atoms with Crippen LogP contribution in [0, 0.1) is 0 Å². The molecule has 3 aliphatic rings. The lowest BCUT2D eigenvalue weighted by atomic mass is 9.98. The molecule has 0 radical (unpaired) electrons. The second kappa shape index (κ2) is 5.65. The Balaban J connectivity index is 1.45. The number of amides is 5. The fourth-order valence-corrected chi connectivity index (χ4v) is 3.65. The molecule has 0 atom stereocenters. The number of carbonyl (C=O) groups excluding carboxylic acids is 5. The van der Waals surface area contributed by atoms with E-state index in [2.05, 4.69) is 5.32 Å². The third kappa shape index (κ3) is 2.27. The highest BCUT2D eigenvalue weighted by Crippen LogP contribution is 2.35. The van der Waals surface area contributed by atoms with Crippen LogP contribution in [0.2, 0.25) is 0 Å². The van der Waals surface area contributed by atoms with Crippen molar-refractivity contribution in [2.24, 2.45) is 0 Å². The molecule has 2 fully saturated rings. The fourth-order valence-electron chi connectivity index (χ4n) is 3.65. The number of carbonyl (C=O) groups is 5. The number of hydrogen-bond donors (Lipinski definition) is 1. The zero-order chi connectivity index (χ0) is 18.5. The molecule has 9 nitrogen and oxygen atoms in total. The quantitative estimate of drug-likeness (QED) is 0.626. The molecule has 1 spiro atoms. The van der Waals surface area contributed by atoms with Gasteiger partial charge >= 0.3 is 12.0 Å². The molecule has 1 N–H and O–H groups in total. The lowest BCUT2D eigenvalue weighted by Gasteiger charge is -2.20. The topological polar surface area (TPSA) is 113 Å². The lowest BCUT2D eigenvalue weighted by Crippen LogP contribution is -2.45. The summed E-state index contributed by atoms with van der Waals surface area (Å²) < 4.78 is 0. The number of hydroxylamine groups is 2. The van der Waals surface area contributed by atoms with Crippen molar-refractivity contribution in [2.75, 3.05) is 6.54 Å². The summed E-state index contributed by atoms with van der Waals surface area (Å²) in [5, 5.41) is 3.00. The van der Waals surface area contributed by atoms with Crippen molar-refractivity contribution < 1.29 is 28.8 Å². The number of benzene rings is 1. The standard InChI is InChI=1S/C17H15N3O6/c21-12(9-19-15(24)17(18-16(19)25)7-3-4-8-17)26-20-13(22)10-5-1-2-6-11(10)14(20)23/h1-2,5-6H,3-4,7-9H2,(H,18,25). The van der Waals surface area contributed by atoms with Crippen LogP contribution in [-0.2, 0) is 14.4 Å². The summed E-state index contributed by atoms with van der Waals surface area (Å²) in [6.07, 6.45) is 2.70. The van der Waals surface area contributed by atoms with Gasteiger partial charge in [-0.25, -0.2) is 9.59 Å². The van der Waals surface area contributed by atoms with Crippen molar-refractivity contribution in [3.63, 3.8) is 0 Å². The van der Waals surface area contributed by atoms with Gasteiger partial charge in [0.05, 0.1) is 11.1 Å². The van der Waals surface area contributed by atoms with E-state index in [1.807, 2.05) is 0 Å². The predicted molar refractivity (Wildman–Crippen MR) is 84.5 cm³/mol. The second-order valence-electron chi connectivity index (χ2n) is 6.52. The predicted octanol–water partition coefficient (Wildman–Crippen LogP) is 0.605. The molecule has 4 rings (SSSR count). The number of hydrogen-bond acceptors (Lipinski definition) is 6. The molecule has 0 bridgehead atoms. The minimum Gasteiger partial charge on any atom is -0.328 e. The molecule has 1 saturated heterocycles. The van der Waals surface area contributed by atoms with Crippen LogP contribution in [0.1, 0.15) is 46.4 Å². The van der Waals surface area contributed by atoms with Gasteiger partial charge < -0.3 is 10.2 Å². The molecular formula is C17H15N3O6. The van der Waals surface area contributed by atoms with Crippen LogP contribution in [0.15, 0.2) is 24.3 Å². The summed E-state index contributed by atoms with van der Waals surface area (Å²) in [4.78, 5) is 66.7. The zero-order valence-corrected chi connectivity index (χ0v) is 13.7. The maximum Gasteiger partial charge on any atom is 0.353 e. The van der Waals surface area contributed by atoms with Gasteiger partial charge in [0, 0.05) is 0 Å². The SMILES string of the molecule is O=C(CN1C(=O)NC2(CCCC2)C1=O)ON1C(=O)c2ccccc2C1=O. The number of fused-ring (bicyclic) bond motifs is 1. The molecule has 1 saturated carbocycles. The van der Waals surface area contributed by atoms with Crippen LogP contribution in [0.25, 0.3) is 0 Å². The highest BCUT2D eigenvalue weighted by molar-refractivity contribution is 6.21. The summed E-state index contributed by atoms with van der Waals surface area (Å²) >= 11 is 0. The largest absolute Gasteiger partial charge is 0.353 e. The first-order chi connectivity index (χ1) is 12.4. The number of imide groups is 2. The van der Waals surface area contributed by atoms with Crippen LogP contribution < -0.4 is 5.32 Å². The van der Waals surface area contributed by atoms with E-state index in [9.17, 15) is 24.0 Å². The van der Waals surface area contributed by atoms with Gasteiger partial charge in [0.1, 0.15) is 12.1 Å². The smallest absolute Gasteiger partial charge is 0.328 e. The van der Waals surface area contributed by atoms with Crippen LogP contribution in [0.4, 0.5) is 4.79 Å². The molecule has 1 aliphatic carbocycles. The van der Waals surface area contributed by atoms with E-state index in [-0.39, 0.29) is 11.1 Å². The molecule has 5 amide bonds. The van der Waals surface area contributed by atoms with Crippen LogP contribution in [-0.4, -0.2) is 51.8 Å². The van der Waals surface area contributed by atoms with Gasteiger partial charge in [-0.05, 0) is 25.0 Å². The minimum atomic E-state index is -1.04. The van der Waals surface area contributed by atoms with E-state index in [1.54, 1.807) is 12.1 Å². The highest BCUT2D eigenvalue weighted by Gasteiger charge is 2.53. The Labute approximate surface area is 147 Å². The molecule has 1 aromatic carbocycles. The van der Waals surface area contributed by atoms with Gasteiger partial charge in [-0.1, -0.05) is 30.0 Å². The van der Waals surface area contributed by atoms with E-state index < -0.39 is 41.8 Å². The Morgan fingerprint density at radius 2 is 1.62 bits per heavy atom. The van der Waals surface area contributed by atoms with Gasteiger partial charge in [-0.3, -0.25) is 19.3 Å². The molecular weight excluding hydrogens is 342 g/mol. The normalized spacial score (nSPS) is 20.8. The summed E-state index contributed by atoms with van der Waals surface area (Å²) in [6, 6.07) is 5.40. The summed E-state index contributed by atoms with van der Waals surface area (Å²) in [5.74, 6) is -3.04. The molecule has 2 heterocycles. The van der Waals surface area contributed by atoms with Crippen molar-refractivity contribution in [3.05, 3.63) is 35.4 Å². The first kappa shape index (κ1) is 16.2. The van der Waals surface area contributed by atoms with Gasteiger partial charge in [0.25, 0.3) is 17.7 Å². The Morgan fingerprint density at radius 1 is 1.04 bits per heavy atom. The maximum absolute atomic E-state index is 12.5. The van der Waals surface area contributed by atoms with Gasteiger partial charge in [-0.2, -0.15) is 0 Å². The lowest BCUT2D eigenvalue weighted by molar-refractivity contribution is -0.170. The Hall–Kier alpha value is -3.23. The minimum absolute atomic E-state index is 0.130. The third-order valence-corrected chi connectivity index (χ3v) is 4.94. The van der Waals surface area contributed by atoms with Crippen LogP contribution in [0.3, 0.4) is 0 Å². The number of nitrogens with one attached hydrogen (secondary N) is 1.